The molecule has 1 unspecified atom stereocenters. The number of benzene rings is 1. The molecule has 1 rings (SSSR count). The zero-order valence-electron chi connectivity index (χ0n) is 15.5. The Hall–Kier alpha value is -2.65. The highest BCUT2D eigenvalue weighted by atomic mass is 16.3. The molecular weight excluding hydrogens is 350 g/mol. The molecule has 0 saturated carbocycles. The molecule has 2 atom stereocenters. The molecule has 0 spiro atoms. The van der Waals surface area contributed by atoms with Crippen molar-refractivity contribution in [2.75, 3.05) is 11.9 Å². The van der Waals surface area contributed by atoms with Crippen LogP contribution in [-0.2, 0) is 16.2 Å². The van der Waals surface area contributed by atoms with Crippen LogP contribution < -0.4 is 27.4 Å². The number of aliphatic hydroxyl groups is 1. The van der Waals surface area contributed by atoms with Gasteiger partial charge in [0.1, 0.15) is 6.04 Å². The number of hydrogen-bond acceptors (Lipinski definition) is 5. The van der Waals surface area contributed by atoms with E-state index < -0.39 is 24.0 Å². The van der Waals surface area contributed by atoms with Gasteiger partial charge in [-0.2, -0.15) is 0 Å². The maximum atomic E-state index is 12.6. The lowest BCUT2D eigenvalue weighted by molar-refractivity contribution is -0.127. The third kappa shape index (κ3) is 8.52. The summed E-state index contributed by atoms with van der Waals surface area (Å²) in [4.78, 5) is 35.5. The summed E-state index contributed by atoms with van der Waals surface area (Å²) >= 11 is 0. The van der Waals surface area contributed by atoms with Crippen molar-refractivity contribution in [3.63, 3.8) is 0 Å². The Morgan fingerprint density at radius 3 is 2.33 bits per heavy atom. The maximum absolute atomic E-state index is 12.6. The molecule has 0 radical (unpaired) electrons. The number of urea groups is 1. The van der Waals surface area contributed by atoms with Crippen LogP contribution in [0.5, 0.6) is 0 Å². The highest BCUT2D eigenvalue weighted by molar-refractivity contribution is 5.97. The Kier molecular flexibility index (Phi) is 9.84. The molecule has 4 amide bonds. The van der Waals surface area contributed by atoms with E-state index in [1.165, 1.54) is 0 Å². The van der Waals surface area contributed by atoms with Gasteiger partial charge in [-0.1, -0.05) is 25.5 Å². The summed E-state index contributed by atoms with van der Waals surface area (Å²) in [6.07, 6.45) is 2.04. The predicted molar refractivity (Wildman–Crippen MR) is 103 cm³/mol. The minimum Gasteiger partial charge on any atom is -0.392 e. The van der Waals surface area contributed by atoms with Crippen LogP contribution in [0.25, 0.3) is 0 Å². The van der Waals surface area contributed by atoms with Crippen LogP contribution >= 0.6 is 0 Å². The number of carbonyl (C=O) groups excluding carboxylic acids is 3. The van der Waals surface area contributed by atoms with Gasteiger partial charge in [0.15, 0.2) is 0 Å². The van der Waals surface area contributed by atoms with Gasteiger partial charge in [0.2, 0.25) is 11.8 Å². The van der Waals surface area contributed by atoms with Gasteiger partial charge in [-0.3, -0.25) is 9.59 Å². The summed E-state index contributed by atoms with van der Waals surface area (Å²) in [7, 11) is 0. The van der Waals surface area contributed by atoms with Crippen LogP contribution in [-0.4, -0.2) is 41.6 Å². The van der Waals surface area contributed by atoms with Crippen molar-refractivity contribution < 1.29 is 19.5 Å². The fraction of sp³-hybridized carbons (Fsp3) is 0.500. The van der Waals surface area contributed by atoms with Crippen molar-refractivity contribution in [1.29, 1.82) is 0 Å². The lowest BCUT2D eigenvalue weighted by Gasteiger charge is -2.21. The predicted octanol–water partition coefficient (Wildman–Crippen LogP) is 0.178. The van der Waals surface area contributed by atoms with Gasteiger partial charge < -0.3 is 32.5 Å². The number of nitrogens with one attached hydrogen (secondary N) is 3. The third-order valence-corrected chi connectivity index (χ3v) is 3.94. The molecule has 0 aliphatic rings. The van der Waals surface area contributed by atoms with Crippen LogP contribution in [0.15, 0.2) is 24.3 Å². The largest absolute Gasteiger partial charge is 0.392 e. The van der Waals surface area contributed by atoms with Crippen molar-refractivity contribution in [2.45, 2.75) is 51.3 Å². The number of hydrogen-bond donors (Lipinski definition) is 6. The summed E-state index contributed by atoms with van der Waals surface area (Å²) in [6.45, 7) is 2.12. The highest BCUT2D eigenvalue weighted by Gasteiger charge is 2.23. The molecule has 150 valence electrons. The van der Waals surface area contributed by atoms with Gasteiger partial charge in [0.05, 0.1) is 12.6 Å². The number of amides is 4. The Morgan fingerprint density at radius 1 is 1.11 bits per heavy atom. The van der Waals surface area contributed by atoms with E-state index in [4.69, 9.17) is 16.6 Å². The minimum atomic E-state index is -0.799. The molecule has 9 nitrogen and oxygen atoms in total. The molecule has 27 heavy (non-hydrogen) atoms. The summed E-state index contributed by atoms with van der Waals surface area (Å²) in [5, 5.41) is 16.9. The second-order valence-electron chi connectivity index (χ2n) is 6.23. The first-order valence-electron chi connectivity index (χ1n) is 8.97. The van der Waals surface area contributed by atoms with Gasteiger partial charge in [-0.15, -0.1) is 0 Å². The molecule has 8 N–H and O–H groups in total. The molecule has 0 fully saturated rings. The second-order valence-corrected chi connectivity index (χ2v) is 6.23. The monoisotopic (exact) mass is 379 g/mol. The summed E-state index contributed by atoms with van der Waals surface area (Å²) in [6, 6.07) is 4.59. The normalized spacial score (nSPS) is 12.7. The average Bonchev–Trinajstić information content (AvgIpc) is 2.64. The lowest BCUT2D eigenvalue weighted by atomic mass is 10.1. The molecule has 0 aliphatic heterocycles. The van der Waals surface area contributed by atoms with Crippen molar-refractivity contribution in [1.82, 2.24) is 10.6 Å². The van der Waals surface area contributed by atoms with E-state index in [-0.39, 0.29) is 12.5 Å². The Labute approximate surface area is 158 Å². The quantitative estimate of drug-likeness (QED) is 0.302. The number of carbonyl (C=O) groups is 3. The first kappa shape index (κ1) is 22.4. The highest BCUT2D eigenvalue weighted by Crippen LogP contribution is 2.11. The van der Waals surface area contributed by atoms with E-state index >= 15 is 0 Å². The maximum Gasteiger partial charge on any atom is 0.312 e. The fourth-order valence-corrected chi connectivity index (χ4v) is 2.43. The third-order valence-electron chi connectivity index (χ3n) is 3.94. The molecule has 1 aromatic rings. The Morgan fingerprint density at radius 2 is 1.78 bits per heavy atom. The van der Waals surface area contributed by atoms with Gasteiger partial charge in [0, 0.05) is 12.2 Å². The van der Waals surface area contributed by atoms with Gasteiger partial charge in [-0.05, 0) is 37.0 Å². The molecule has 0 heterocycles. The lowest BCUT2D eigenvalue weighted by Crippen LogP contribution is -2.50. The molecule has 0 aliphatic carbocycles. The van der Waals surface area contributed by atoms with Gasteiger partial charge in [-0.25, -0.2) is 4.79 Å². The number of rotatable bonds is 11. The summed E-state index contributed by atoms with van der Waals surface area (Å²) in [5.74, 6) is -0.779. The smallest absolute Gasteiger partial charge is 0.312 e. The standard InChI is InChI=1S/C18H29N5O4/c1-2-4-14(19)16(25)23-15(5-3-10-21-18(20)27)17(26)22-13-8-6-12(11-24)7-9-13/h6-9,14-15,24H,2-5,10-11,19H2,1H3,(H,22,26)(H,23,25)(H3,20,21,27)/t14-,15?/m0/s1. The summed E-state index contributed by atoms with van der Waals surface area (Å²) < 4.78 is 0. The van der Waals surface area contributed by atoms with E-state index in [2.05, 4.69) is 16.0 Å². The minimum absolute atomic E-state index is 0.0882. The number of primary amides is 1. The molecule has 0 saturated heterocycles. The van der Waals surface area contributed by atoms with E-state index in [0.717, 1.165) is 12.0 Å². The van der Waals surface area contributed by atoms with E-state index in [0.29, 0.717) is 31.5 Å². The average molecular weight is 379 g/mol. The zero-order chi connectivity index (χ0) is 20.2. The number of anilines is 1. The van der Waals surface area contributed by atoms with Crippen molar-refractivity contribution >= 4 is 23.5 Å². The van der Waals surface area contributed by atoms with E-state index in [9.17, 15) is 14.4 Å². The van der Waals surface area contributed by atoms with E-state index in [1.54, 1.807) is 24.3 Å². The zero-order valence-corrected chi connectivity index (χ0v) is 15.5. The molecule has 1 aromatic carbocycles. The van der Waals surface area contributed by atoms with Crippen LogP contribution in [0.1, 0.15) is 38.2 Å². The van der Waals surface area contributed by atoms with Crippen LogP contribution in [0.4, 0.5) is 10.5 Å². The van der Waals surface area contributed by atoms with Crippen LogP contribution in [0, 0.1) is 0 Å². The molecule has 9 heteroatoms. The van der Waals surface area contributed by atoms with Crippen LogP contribution in [0.3, 0.4) is 0 Å². The molecule has 0 aromatic heterocycles. The second kappa shape index (κ2) is 11.9. The SMILES string of the molecule is CCC[C@H](N)C(=O)NC(CCCNC(N)=O)C(=O)Nc1ccc(CO)cc1. The Balaban J connectivity index is 2.72. The first-order chi connectivity index (χ1) is 12.9. The van der Waals surface area contributed by atoms with Gasteiger partial charge in [0.25, 0.3) is 0 Å². The fourth-order valence-electron chi connectivity index (χ4n) is 2.43. The summed E-state index contributed by atoms with van der Waals surface area (Å²) in [5.41, 5.74) is 12.1. The van der Waals surface area contributed by atoms with E-state index in [1.807, 2.05) is 6.92 Å². The Bertz CT molecular complexity index is 621. The van der Waals surface area contributed by atoms with Crippen molar-refractivity contribution in [2.24, 2.45) is 11.5 Å². The van der Waals surface area contributed by atoms with Crippen molar-refractivity contribution in [3.05, 3.63) is 29.8 Å². The topological polar surface area (TPSA) is 160 Å². The number of nitrogens with two attached hydrogens (primary N) is 2. The van der Waals surface area contributed by atoms with Crippen LogP contribution in [0.2, 0.25) is 0 Å². The molecule has 0 bridgehead atoms. The number of aliphatic hydroxyl groups excluding tert-OH is 1. The molecular formula is C18H29N5O4. The van der Waals surface area contributed by atoms with Gasteiger partial charge >= 0.3 is 6.03 Å². The first-order valence-corrected chi connectivity index (χ1v) is 8.97. The van der Waals surface area contributed by atoms with Crippen molar-refractivity contribution in [3.8, 4) is 0 Å².